The summed E-state index contributed by atoms with van der Waals surface area (Å²) in [4.78, 5) is 0. The normalized spacial score (nSPS) is 45.8. The van der Waals surface area contributed by atoms with Crippen molar-refractivity contribution in [3.8, 4) is 0 Å². The lowest BCUT2D eigenvalue weighted by atomic mass is 9.91. The lowest BCUT2D eigenvalue weighted by molar-refractivity contribution is -0.129. The average Bonchev–Trinajstić information content (AvgIpc) is 1.96. The molecule has 66 valence electrons. The maximum atomic E-state index is 12.2. The van der Waals surface area contributed by atoms with E-state index in [0.29, 0.717) is 6.42 Å². The number of alkyl halides is 1. The molecule has 1 N–H and O–H groups in total. The summed E-state index contributed by atoms with van der Waals surface area (Å²) < 4.78 is 17.5. The SMILES string of the molecule is CC1CC(O)C(C)C(CF)O1. The molecule has 1 rings (SSSR count). The predicted molar refractivity (Wildman–Crippen MR) is 40.1 cm³/mol. The Hall–Kier alpha value is -0.150. The number of rotatable bonds is 1. The minimum atomic E-state index is -0.497. The van der Waals surface area contributed by atoms with E-state index in [-0.39, 0.29) is 12.0 Å². The van der Waals surface area contributed by atoms with Gasteiger partial charge in [-0.05, 0) is 13.3 Å². The number of ether oxygens (including phenoxy) is 1. The van der Waals surface area contributed by atoms with Crippen molar-refractivity contribution >= 4 is 0 Å². The van der Waals surface area contributed by atoms with E-state index in [2.05, 4.69) is 0 Å². The molecule has 0 aliphatic carbocycles. The van der Waals surface area contributed by atoms with Gasteiger partial charge in [0.25, 0.3) is 0 Å². The molecule has 0 bridgehead atoms. The first-order valence-electron chi connectivity index (χ1n) is 4.04. The fraction of sp³-hybridized carbons (Fsp3) is 1.00. The molecule has 11 heavy (non-hydrogen) atoms. The standard InChI is InChI=1S/C8H15FO2/c1-5-3-7(10)6(2)8(4-9)11-5/h5-8,10H,3-4H2,1-2H3. The summed E-state index contributed by atoms with van der Waals surface area (Å²) in [6.45, 7) is 3.18. The molecule has 0 aromatic heterocycles. The van der Waals surface area contributed by atoms with Gasteiger partial charge in [0, 0.05) is 5.92 Å². The van der Waals surface area contributed by atoms with Crippen molar-refractivity contribution in [2.45, 2.75) is 38.6 Å². The first-order chi connectivity index (χ1) is 5.15. The van der Waals surface area contributed by atoms with Gasteiger partial charge in [0.05, 0.1) is 18.3 Å². The Bertz CT molecular complexity index is 129. The summed E-state index contributed by atoms with van der Waals surface area (Å²) in [6, 6.07) is 0. The molecule has 2 nitrogen and oxygen atoms in total. The first kappa shape index (κ1) is 8.94. The molecule has 0 saturated carbocycles. The van der Waals surface area contributed by atoms with Gasteiger partial charge in [-0.25, -0.2) is 4.39 Å². The van der Waals surface area contributed by atoms with Gasteiger partial charge in [-0.3, -0.25) is 0 Å². The van der Waals surface area contributed by atoms with Crippen molar-refractivity contribution < 1.29 is 14.2 Å². The van der Waals surface area contributed by atoms with E-state index in [1.54, 1.807) is 0 Å². The molecule has 4 unspecified atom stereocenters. The van der Waals surface area contributed by atoms with Crippen LogP contribution < -0.4 is 0 Å². The Balaban J connectivity index is 2.51. The zero-order valence-corrected chi connectivity index (χ0v) is 6.96. The molecule has 0 spiro atoms. The molecule has 0 radical (unpaired) electrons. The van der Waals surface area contributed by atoms with Gasteiger partial charge in [-0.1, -0.05) is 6.92 Å². The quantitative estimate of drug-likeness (QED) is 0.626. The molecule has 4 atom stereocenters. The molecule has 0 aromatic carbocycles. The third kappa shape index (κ3) is 1.91. The van der Waals surface area contributed by atoms with Gasteiger partial charge in [0.1, 0.15) is 6.67 Å². The van der Waals surface area contributed by atoms with Crippen LogP contribution in [0.4, 0.5) is 4.39 Å². The molecule has 3 heteroatoms. The van der Waals surface area contributed by atoms with Gasteiger partial charge in [0.15, 0.2) is 0 Å². The second kappa shape index (κ2) is 3.50. The molecule has 1 heterocycles. The maximum Gasteiger partial charge on any atom is 0.116 e. The molecule has 1 aliphatic heterocycles. The summed E-state index contributed by atoms with van der Waals surface area (Å²) in [5, 5.41) is 9.40. The highest BCUT2D eigenvalue weighted by molar-refractivity contribution is 4.80. The van der Waals surface area contributed by atoms with E-state index in [4.69, 9.17) is 4.74 Å². The van der Waals surface area contributed by atoms with Crippen molar-refractivity contribution in [2.75, 3.05) is 6.67 Å². The minimum Gasteiger partial charge on any atom is -0.393 e. The van der Waals surface area contributed by atoms with E-state index in [9.17, 15) is 9.50 Å². The maximum absolute atomic E-state index is 12.2. The minimum absolute atomic E-state index is 0.0121. The van der Waals surface area contributed by atoms with Crippen LogP contribution in [0, 0.1) is 5.92 Å². The number of hydrogen-bond acceptors (Lipinski definition) is 2. The van der Waals surface area contributed by atoms with Crippen LogP contribution in [0.15, 0.2) is 0 Å². The summed E-state index contributed by atoms with van der Waals surface area (Å²) in [5.74, 6) is -0.0730. The molecule has 1 aliphatic rings. The van der Waals surface area contributed by atoms with Crippen molar-refractivity contribution in [3.63, 3.8) is 0 Å². The Morgan fingerprint density at radius 3 is 2.73 bits per heavy atom. The fourth-order valence-corrected chi connectivity index (χ4v) is 1.46. The van der Waals surface area contributed by atoms with E-state index < -0.39 is 18.9 Å². The fourth-order valence-electron chi connectivity index (χ4n) is 1.46. The van der Waals surface area contributed by atoms with E-state index in [1.165, 1.54) is 0 Å². The third-order valence-corrected chi connectivity index (χ3v) is 2.33. The second-order valence-electron chi connectivity index (χ2n) is 3.30. The Morgan fingerprint density at radius 1 is 1.55 bits per heavy atom. The van der Waals surface area contributed by atoms with Crippen molar-refractivity contribution in [1.82, 2.24) is 0 Å². The van der Waals surface area contributed by atoms with Crippen LogP contribution in [0.2, 0.25) is 0 Å². The number of aliphatic hydroxyl groups excluding tert-OH is 1. The summed E-state index contributed by atoms with van der Waals surface area (Å²) >= 11 is 0. The Labute approximate surface area is 66.4 Å². The van der Waals surface area contributed by atoms with Crippen LogP contribution in [0.5, 0.6) is 0 Å². The zero-order valence-electron chi connectivity index (χ0n) is 6.96. The molecule has 0 aromatic rings. The highest BCUT2D eigenvalue weighted by Crippen LogP contribution is 2.25. The van der Waals surface area contributed by atoms with E-state index in [0.717, 1.165) is 0 Å². The molecule has 1 fully saturated rings. The van der Waals surface area contributed by atoms with Crippen LogP contribution in [0.1, 0.15) is 20.3 Å². The average molecular weight is 162 g/mol. The third-order valence-electron chi connectivity index (χ3n) is 2.33. The van der Waals surface area contributed by atoms with Gasteiger partial charge in [-0.2, -0.15) is 0 Å². The highest BCUT2D eigenvalue weighted by atomic mass is 19.1. The topological polar surface area (TPSA) is 29.5 Å². The monoisotopic (exact) mass is 162 g/mol. The molecule has 0 amide bonds. The van der Waals surface area contributed by atoms with E-state index in [1.807, 2.05) is 13.8 Å². The predicted octanol–water partition coefficient (Wildman–Crippen LogP) is 1.13. The summed E-state index contributed by atoms with van der Waals surface area (Å²) in [7, 11) is 0. The van der Waals surface area contributed by atoms with Gasteiger partial charge >= 0.3 is 0 Å². The van der Waals surface area contributed by atoms with Crippen molar-refractivity contribution in [3.05, 3.63) is 0 Å². The van der Waals surface area contributed by atoms with Crippen LogP contribution in [0.25, 0.3) is 0 Å². The van der Waals surface area contributed by atoms with Gasteiger partial charge in [-0.15, -0.1) is 0 Å². The van der Waals surface area contributed by atoms with Crippen LogP contribution >= 0.6 is 0 Å². The first-order valence-corrected chi connectivity index (χ1v) is 4.04. The lowest BCUT2D eigenvalue weighted by Gasteiger charge is -2.35. The molecule has 1 saturated heterocycles. The summed E-state index contributed by atoms with van der Waals surface area (Å²) in [5.41, 5.74) is 0. The van der Waals surface area contributed by atoms with Gasteiger partial charge in [0.2, 0.25) is 0 Å². The largest absolute Gasteiger partial charge is 0.393 e. The van der Waals surface area contributed by atoms with Crippen molar-refractivity contribution in [1.29, 1.82) is 0 Å². The van der Waals surface area contributed by atoms with E-state index >= 15 is 0 Å². The zero-order chi connectivity index (χ0) is 8.43. The number of halogens is 1. The molecular weight excluding hydrogens is 147 g/mol. The van der Waals surface area contributed by atoms with Gasteiger partial charge < -0.3 is 9.84 Å². The summed E-state index contributed by atoms with van der Waals surface area (Å²) in [6.07, 6.45) is -0.201. The second-order valence-corrected chi connectivity index (χ2v) is 3.30. The Kier molecular flexibility index (Phi) is 2.84. The number of aliphatic hydroxyl groups is 1. The number of hydrogen-bond donors (Lipinski definition) is 1. The van der Waals surface area contributed by atoms with Crippen molar-refractivity contribution in [2.24, 2.45) is 5.92 Å². The smallest absolute Gasteiger partial charge is 0.116 e. The van der Waals surface area contributed by atoms with Crippen LogP contribution in [-0.4, -0.2) is 30.1 Å². The highest BCUT2D eigenvalue weighted by Gasteiger charge is 2.32. The molecular formula is C8H15FO2. The Morgan fingerprint density at radius 2 is 2.18 bits per heavy atom. The lowest BCUT2D eigenvalue weighted by Crippen LogP contribution is -2.42. The van der Waals surface area contributed by atoms with Crippen LogP contribution in [-0.2, 0) is 4.74 Å². The van der Waals surface area contributed by atoms with Crippen LogP contribution in [0.3, 0.4) is 0 Å².